The van der Waals surface area contributed by atoms with Crippen LogP contribution in [-0.2, 0) is 6.54 Å². The summed E-state index contributed by atoms with van der Waals surface area (Å²) in [6.45, 7) is 4.84. The Kier molecular flexibility index (Phi) is 3.53. The summed E-state index contributed by atoms with van der Waals surface area (Å²) in [4.78, 5) is 17.0. The predicted octanol–water partition coefficient (Wildman–Crippen LogP) is 2.31. The summed E-state index contributed by atoms with van der Waals surface area (Å²) < 4.78 is 1.77. The van der Waals surface area contributed by atoms with Gasteiger partial charge < -0.3 is 0 Å². The lowest BCUT2D eigenvalue weighted by atomic mass is 10.4. The third-order valence-corrected chi connectivity index (χ3v) is 3.00. The summed E-state index contributed by atoms with van der Waals surface area (Å²) in [6.07, 6.45) is 4.54. The average molecular weight is 250 g/mol. The van der Waals surface area contributed by atoms with Crippen LogP contribution in [0.25, 0.3) is 0 Å². The maximum Gasteiger partial charge on any atom is 0.277 e. The molecule has 17 heavy (non-hydrogen) atoms. The van der Waals surface area contributed by atoms with Crippen molar-refractivity contribution in [3.63, 3.8) is 0 Å². The molecule has 0 atom stereocenters. The minimum Gasteiger partial charge on any atom is -0.296 e. The minimum atomic E-state index is -0.214. The van der Waals surface area contributed by atoms with Crippen molar-refractivity contribution in [3.05, 3.63) is 29.0 Å². The van der Waals surface area contributed by atoms with Gasteiger partial charge in [-0.2, -0.15) is 5.10 Å². The number of aromatic nitrogens is 3. The number of carbonyl (C=O) groups is 1. The Labute approximate surface area is 103 Å². The summed E-state index contributed by atoms with van der Waals surface area (Å²) in [5.41, 5.74) is 0.423. The summed E-state index contributed by atoms with van der Waals surface area (Å²) in [5, 5.41) is 7.52. The molecule has 0 aromatic carbocycles. The third-order valence-electron chi connectivity index (χ3n) is 2.17. The zero-order chi connectivity index (χ0) is 12.3. The Morgan fingerprint density at radius 1 is 1.59 bits per heavy atom. The molecule has 5 nitrogen and oxygen atoms in total. The van der Waals surface area contributed by atoms with Crippen LogP contribution in [0.2, 0.25) is 0 Å². The highest BCUT2D eigenvalue weighted by atomic mass is 32.1. The van der Waals surface area contributed by atoms with Gasteiger partial charge in [-0.1, -0.05) is 6.92 Å². The molecule has 2 rings (SSSR count). The van der Waals surface area contributed by atoms with Crippen molar-refractivity contribution in [2.24, 2.45) is 0 Å². The third kappa shape index (κ3) is 2.91. The topological polar surface area (TPSA) is 59.8 Å². The lowest BCUT2D eigenvalue weighted by molar-refractivity contribution is 0.102. The number of rotatable bonds is 4. The monoisotopic (exact) mass is 250 g/mol. The Balaban J connectivity index is 2.03. The van der Waals surface area contributed by atoms with Gasteiger partial charge in [0.05, 0.1) is 0 Å². The second kappa shape index (κ2) is 5.09. The minimum absolute atomic E-state index is 0.214. The van der Waals surface area contributed by atoms with Crippen LogP contribution in [0.3, 0.4) is 0 Å². The van der Waals surface area contributed by atoms with Gasteiger partial charge in [-0.25, -0.2) is 4.98 Å². The van der Waals surface area contributed by atoms with Crippen LogP contribution in [0.1, 0.15) is 28.7 Å². The van der Waals surface area contributed by atoms with Gasteiger partial charge in [0.2, 0.25) is 0 Å². The number of anilines is 1. The molecular formula is C11H14N4OS. The van der Waals surface area contributed by atoms with Gasteiger partial charge in [0.1, 0.15) is 0 Å². The molecule has 1 amide bonds. The van der Waals surface area contributed by atoms with E-state index in [0.717, 1.165) is 17.8 Å². The van der Waals surface area contributed by atoms with Crippen LogP contribution in [0, 0.1) is 6.92 Å². The van der Waals surface area contributed by atoms with Gasteiger partial charge in [0.15, 0.2) is 10.8 Å². The maximum atomic E-state index is 11.8. The van der Waals surface area contributed by atoms with E-state index in [-0.39, 0.29) is 5.91 Å². The molecular weight excluding hydrogens is 236 g/mol. The van der Waals surface area contributed by atoms with Gasteiger partial charge in [0.25, 0.3) is 5.91 Å². The van der Waals surface area contributed by atoms with E-state index in [9.17, 15) is 4.79 Å². The highest BCUT2D eigenvalue weighted by Gasteiger charge is 2.11. The maximum absolute atomic E-state index is 11.8. The van der Waals surface area contributed by atoms with Gasteiger partial charge >= 0.3 is 0 Å². The quantitative estimate of drug-likeness (QED) is 0.905. The van der Waals surface area contributed by atoms with Crippen LogP contribution in [0.15, 0.2) is 18.5 Å². The lowest BCUT2D eigenvalue weighted by Gasteiger charge is -1.98. The lowest BCUT2D eigenvalue weighted by Crippen LogP contribution is -2.13. The van der Waals surface area contributed by atoms with Crippen molar-refractivity contribution in [1.82, 2.24) is 14.8 Å². The van der Waals surface area contributed by atoms with Crippen LogP contribution < -0.4 is 5.32 Å². The van der Waals surface area contributed by atoms with E-state index in [2.05, 4.69) is 22.3 Å². The van der Waals surface area contributed by atoms with Crippen LogP contribution in [0.5, 0.6) is 0 Å². The zero-order valence-electron chi connectivity index (χ0n) is 9.80. The van der Waals surface area contributed by atoms with E-state index in [0.29, 0.717) is 10.8 Å². The number of carbonyl (C=O) groups excluding carboxylic acids is 1. The molecule has 0 saturated heterocycles. The van der Waals surface area contributed by atoms with Gasteiger partial charge in [-0.05, 0) is 19.4 Å². The van der Waals surface area contributed by atoms with Gasteiger partial charge in [0, 0.05) is 23.8 Å². The van der Waals surface area contributed by atoms with Gasteiger partial charge in [-0.3, -0.25) is 14.8 Å². The van der Waals surface area contributed by atoms with Gasteiger partial charge in [-0.15, -0.1) is 11.3 Å². The number of aryl methyl sites for hydroxylation is 2. The molecule has 0 radical (unpaired) electrons. The molecule has 0 aliphatic rings. The predicted molar refractivity (Wildman–Crippen MR) is 67.3 cm³/mol. The van der Waals surface area contributed by atoms with E-state index in [4.69, 9.17) is 0 Å². The first-order valence-corrected chi connectivity index (χ1v) is 6.28. The van der Waals surface area contributed by atoms with Crippen molar-refractivity contribution in [1.29, 1.82) is 0 Å². The fraction of sp³-hybridized carbons (Fsp3) is 0.364. The van der Waals surface area contributed by atoms with E-state index < -0.39 is 0 Å². The summed E-state index contributed by atoms with van der Waals surface area (Å²) in [6, 6.07) is 1.71. The van der Waals surface area contributed by atoms with Crippen molar-refractivity contribution in [2.75, 3.05) is 5.32 Å². The highest BCUT2D eigenvalue weighted by molar-refractivity contribution is 7.15. The average Bonchev–Trinajstić information content (AvgIpc) is 2.88. The van der Waals surface area contributed by atoms with E-state index >= 15 is 0 Å². The molecule has 0 fully saturated rings. The fourth-order valence-electron chi connectivity index (χ4n) is 1.41. The molecule has 0 aliphatic carbocycles. The number of amides is 1. The van der Waals surface area contributed by atoms with Crippen LogP contribution >= 0.6 is 11.3 Å². The smallest absolute Gasteiger partial charge is 0.277 e. The first-order chi connectivity index (χ1) is 8.19. The molecule has 6 heteroatoms. The Morgan fingerprint density at radius 2 is 2.41 bits per heavy atom. The number of hydrogen-bond donors (Lipinski definition) is 1. The number of nitrogens with one attached hydrogen (secondary N) is 1. The molecule has 2 aromatic heterocycles. The van der Waals surface area contributed by atoms with Crippen molar-refractivity contribution < 1.29 is 4.79 Å². The molecule has 0 unspecified atom stereocenters. The first kappa shape index (κ1) is 11.8. The fourth-order valence-corrected chi connectivity index (χ4v) is 2.07. The summed E-state index contributed by atoms with van der Waals surface area (Å²) in [5.74, 6) is -0.214. The second-order valence-electron chi connectivity index (χ2n) is 3.69. The Morgan fingerprint density at radius 3 is 3.06 bits per heavy atom. The number of nitrogens with zero attached hydrogens (tertiary/aromatic N) is 3. The van der Waals surface area contributed by atoms with E-state index in [1.807, 2.05) is 13.1 Å². The Hall–Kier alpha value is -1.69. The molecule has 0 aliphatic heterocycles. The number of thiazole rings is 1. The standard InChI is InChI=1S/C11H14N4OS/c1-3-5-15-6-4-9(14-15)10(16)13-11-12-7-8(2)17-11/h4,6-7H,3,5H2,1-2H3,(H,12,13,16). The van der Waals surface area contributed by atoms with Crippen molar-refractivity contribution >= 4 is 22.4 Å². The van der Waals surface area contributed by atoms with E-state index in [1.54, 1.807) is 16.9 Å². The summed E-state index contributed by atoms with van der Waals surface area (Å²) in [7, 11) is 0. The highest BCUT2D eigenvalue weighted by Crippen LogP contribution is 2.17. The normalized spacial score (nSPS) is 10.5. The van der Waals surface area contributed by atoms with Crippen molar-refractivity contribution in [2.45, 2.75) is 26.8 Å². The molecule has 2 aromatic rings. The SMILES string of the molecule is CCCn1ccc(C(=O)Nc2ncc(C)s2)n1. The molecule has 1 N–H and O–H groups in total. The zero-order valence-corrected chi connectivity index (χ0v) is 10.6. The second-order valence-corrected chi connectivity index (χ2v) is 4.93. The number of hydrogen-bond acceptors (Lipinski definition) is 4. The molecule has 0 saturated carbocycles. The first-order valence-electron chi connectivity index (χ1n) is 5.46. The van der Waals surface area contributed by atoms with Crippen LogP contribution in [0.4, 0.5) is 5.13 Å². The molecule has 2 heterocycles. The van der Waals surface area contributed by atoms with Crippen LogP contribution in [-0.4, -0.2) is 20.7 Å². The molecule has 0 bridgehead atoms. The van der Waals surface area contributed by atoms with E-state index in [1.165, 1.54) is 11.3 Å². The Bertz CT molecular complexity index is 517. The molecule has 90 valence electrons. The largest absolute Gasteiger partial charge is 0.296 e. The summed E-state index contributed by atoms with van der Waals surface area (Å²) >= 11 is 1.45. The van der Waals surface area contributed by atoms with Crippen molar-refractivity contribution in [3.8, 4) is 0 Å². The molecule has 0 spiro atoms.